The van der Waals surface area contributed by atoms with Gasteiger partial charge in [-0.1, -0.05) is 12.1 Å². The Bertz CT molecular complexity index is 1220. The first kappa shape index (κ1) is 20.6. The van der Waals surface area contributed by atoms with E-state index in [9.17, 15) is 22.4 Å². The molecule has 0 aliphatic carbocycles. The minimum Gasteiger partial charge on any atom is -0.457 e. The molecule has 2 aromatic carbocycles. The highest BCUT2D eigenvalue weighted by molar-refractivity contribution is 7.89. The number of sulfonamides is 1. The van der Waals surface area contributed by atoms with Crippen LogP contribution in [0.1, 0.15) is 11.4 Å². The third-order valence-corrected chi connectivity index (χ3v) is 6.05. The Labute approximate surface area is 166 Å². The van der Waals surface area contributed by atoms with Crippen LogP contribution in [-0.2, 0) is 26.2 Å². The van der Waals surface area contributed by atoms with Gasteiger partial charge in [-0.2, -0.15) is 4.31 Å². The fourth-order valence-electron chi connectivity index (χ4n) is 2.67. The number of aryl methyl sites for hydroxylation is 1. The van der Waals surface area contributed by atoms with Gasteiger partial charge in [-0.05, 0) is 42.8 Å². The van der Waals surface area contributed by atoms with Crippen molar-refractivity contribution >= 4 is 26.9 Å². The van der Waals surface area contributed by atoms with Crippen LogP contribution < -0.4 is 5.56 Å². The maximum absolute atomic E-state index is 13.0. The van der Waals surface area contributed by atoms with Crippen LogP contribution >= 0.6 is 0 Å². The Morgan fingerprint density at radius 3 is 2.59 bits per heavy atom. The molecule has 0 spiro atoms. The van der Waals surface area contributed by atoms with Gasteiger partial charge in [0.2, 0.25) is 10.0 Å². The van der Waals surface area contributed by atoms with E-state index in [1.165, 1.54) is 7.05 Å². The first-order valence-electron chi connectivity index (χ1n) is 8.54. The van der Waals surface area contributed by atoms with Gasteiger partial charge in [-0.25, -0.2) is 17.8 Å². The second-order valence-electron chi connectivity index (χ2n) is 6.36. The average molecular weight is 419 g/mol. The Balaban J connectivity index is 1.68. The van der Waals surface area contributed by atoms with E-state index in [0.717, 1.165) is 34.1 Å². The van der Waals surface area contributed by atoms with Crippen LogP contribution in [0.5, 0.6) is 0 Å². The van der Waals surface area contributed by atoms with Gasteiger partial charge in [0, 0.05) is 7.05 Å². The van der Waals surface area contributed by atoms with Crippen LogP contribution in [0.3, 0.4) is 0 Å². The number of nitrogens with one attached hydrogen (secondary N) is 1. The Morgan fingerprint density at radius 1 is 1.21 bits per heavy atom. The van der Waals surface area contributed by atoms with Crippen LogP contribution in [0.25, 0.3) is 10.9 Å². The molecule has 0 saturated carbocycles. The predicted molar refractivity (Wildman–Crippen MR) is 103 cm³/mol. The van der Waals surface area contributed by atoms with Crippen molar-refractivity contribution < 1.29 is 22.3 Å². The van der Waals surface area contributed by atoms with Crippen molar-refractivity contribution in [3.05, 3.63) is 70.0 Å². The maximum Gasteiger partial charge on any atom is 0.321 e. The summed E-state index contributed by atoms with van der Waals surface area (Å²) in [6.07, 6.45) is 0. The Hall–Kier alpha value is -3.11. The summed E-state index contributed by atoms with van der Waals surface area (Å²) in [6, 6.07) is 9.44. The number of H-pyrrole nitrogens is 1. The molecule has 1 N–H and O–H groups in total. The number of hydrogen-bond donors (Lipinski definition) is 1. The second-order valence-corrected chi connectivity index (χ2v) is 8.40. The minimum atomic E-state index is -3.98. The van der Waals surface area contributed by atoms with Crippen molar-refractivity contribution in [3.63, 3.8) is 0 Å². The summed E-state index contributed by atoms with van der Waals surface area (Å²) in [6.45, 7) is 0.930. The van der Waals surface area contributed by atoms with Crippen LogP contribution in [0.4, 0.5) is 4.39 Å². The molecule has 0 atom stereocenters. The van der Waals surface area contributed by atoms with Gasteiger partial charge in [0.1, 0.15) is 24.8 Å². The van der Waals surface area contributed by atoms with E-state index in [2.05, 4.69) is 9.97 Å². The Kier molecular flexibility index (Phi) is 5.76. The summed E-state index contributed by atoms with van der Waals surface area (Å²) in [5, 5.41) is 0.421. The molecule has 0 aliphatic heterocycles. The molecule has 3 rings (SSSR count). The fourth-order valence-corrected chi connectivity index (χ4v) is 3.78. The zero-order valence-corrected chi connectivity index (χ0v) is 16.5. The summed E-state index contributed by atoms with van der Waals surface area (Å²) in [4.78, 5) is 30.9. The number of halogens is 1. The molecule has 0 radical (unpaired) electrons. The maximum atomic E-state index is 13.0. The smallest absolute Gasteiger partial charge is 0.321 e. The molecule has 29 heavy (non-hydrogen) atoms. The number of esters is 1. The lowest BCUT2D eigenvalue weighted by Gasteiger charge is -2.16. The topological polar surface area (TPSA) is 109 Å². The molecule has 1 heterocycles. The Morgan fingerprint density at radius 2 is 1.90 bits per heavy atom. The first-order valence-corrected chi connectivity index (χ1v) is 9.98. The molecule has 0 fully saturated rings. The number of fused-ring (bicyclic) bond motifs is 1. The van der Waals surface area contributed by atoms with Gasteiger partial charge >= 0.3 is 5.97 Å². The summed E-state index contributed by atoms with van der Waals surface area (Å²) < 4.78 is 43.7. The SMILES string of the molecule is Cc1cccc2c(=O)[nH]c(COC(=O)CN(C)S(=O)(=O)c3ccc(F)cc3)nc12. The number of rotatable bonds is 6. The highest BCUT2D eigenvalue weighted by Crippen LogP contribution is 2.15. The first-order chi connectivity index (χ1) is 13.7. The van der Waals surface area contributed by atoms with E-state index in [1.54, 1.807) is 25.1 Å². The van der Waals surface area contributed by atoms with Crippen molar-refractivity contribution in [2.45, 2.75) is 18.4 Å². The summed E-state index contributed by atoms with van der Waals surface area (Å²) >= 11 is 0. The van der Waals surface area contributed by atoms with E-state index < -0.39 is 28.4 Å². The van der Waals surface area contributed by atoms with Gasteiger partial charge in [0.15, 0.2) is 0 Å². The van der Waals surface area contributed by atoms with Crippen molar-refractivity contribution in [3.8, 4) is 0 Å². The number of ether oxygens (including phenoxy) is 1. The van der Waals surface area contributed by atoms with Gasteiger partial charge in [0.05, 0.1) is 15.8 Å². The monoisotopic (exact) mass is 419 g/mol. The standard InChI is InChI=1S/C19H18FN3O5S/c1-12-4-3-5-15-18(12)21-16(22-19(15)25)11-28-17(24)10-23(2)29(26,27)14-8-6-13(20)7-9-14/h3-9H,10-11H2,1-2H3,(H,21,22,25). The van der Waals surface area contributed by atoms with E-state index in [-0.39, 0.29) is 22.9 Å². The number of likely N-dealkylation sites (N-methyl/N-ethyl adjacent to an activating group) is 1. The zero-order valence-electron chi connectivity index (χ0n) is 15.7. The van der Waals surface area contributed by atoms with Gasteiger partial charge in [-0.15, -0.1) is 0 Å². The lowest BCUT2D eigenvalue weighted by Crippen LogP contribution is -2.33. The van der Waals surface area contributed by atoms with Gasteiger partial charge in [0.25, 0.3) is 5.56 Å². The van der Waals surface area contributed by atoms with Crippen LogP contribution in [0.2, 0.25) is 0 Å². The zero-order chi connectivity index (χ0) is 21.2. The van der Waals surface area contributed by atoms with Crippen molar-refractivity contribution in [1.29, 1.82) is 0 Å². The van der Waals surface area contributed by atoms with E-state index >= 15 is 0 Å². The molecule has 0 saturated heterocycles. The number of carbonyl (C=O) groups excluding carboxylic acids is 1. The molecule has 1 aromatic heterocycles. The number of aromatic amines is 1. The van der Waals surface area contributed by atoms with E-state index in [4.69, 9.17) is 4.74 Å². The van der Waals surface area contributed by atoms with Gasteiger partial charge < -0.3 is 9.72 Å². The predicted octanol–water partition coefficient (Wildman–Crippen LogP) is 1.73. The molecule has 0 aliphatic rings. The largest absolute Gasteiger partial charge is 0.457 e. The fraction of sp³-hybridized carbons (Fsp3) is 0.211. The molecular weight excluding hydrogens is 401 g/mol. The van der Waals surface area contributed by atoms with E-state index in [0.29, 0.717) is 10.9 Å². The second kappa shape index (κ2) is 8.10. The summed E-state index contributed by atoms with van der Waals surface area (Å²) in [5.74, 6) is -1.25. The molecule has 3 aromatic rings. The average Bonchev–Trinajstić information content (AvgIpc) is 2.67. The number of nitrogens with zero attached hydrogens (tertiary/aromatic N) is 2. The molecule has 0 unspecified atom stereocenters. The molecule has 8 nitrogen and oxygen atoms in total. The molecule has 152 valence electrons. The van der Waals surface area contributed by atoms with Crippen molar-refractivity contribution in [2.75, 3.05) is 13.6 Å². The molecular formula is C19H18FN3O5S. The van der Waals surface area contributed by atoms with Crippen LogP contribution in [-0.4, -0.2) is 42.3 Å². The van der Waals surface area contributed by atoms with Crippen LogP contribution in [0.15, 0.2) is 52.2 Å². The summed E-state index contributed by atoms with van der Waals surface area (Å²) in [7, 11) is -2.77. The number of benzene rings is 2. The molecule has 0 bridgehead atoms. The highest BCUT2D eigenvalue weighted by Gasteiger charge is 2.23. The molecule has 0 amide bonds. The van der Waals surface area contributed by atoms with Crippen LogP contribution in [0, 0.1) is 12.7 Å². The number of para-hydroxylation sites is 1. The van der Waals surface area contributed by atoms with Crippen molar-refractivity contribution in [2.24, 2.45) is 0 Å². The molecule has 10 heteroatoms. The van der Waals surface area contributed by atoms with Crippen molar-refractivity contribution in [1.82, 2.24) is 14.3 Å². The lowest BCUT2D eigenvalue weighted by atomic mass is 10.1. The normalized spacial score (nSPS) is 11.7. The summed E-state index contributed by atoms with van der Waals surface area (Å²) in [5.41, 5.74) is 0.936. The van der Waals surface area contributed by atoms with E-state index in [1.807, 2.05) is 0 Å². The number of aromatic nitrogens is 2. The van der Waals surface area contributed by atoms with Gasteiger partial charge in [-0.3, -0.25) is 9.59 Å². The third kappa shape index (κ3) is 4.49. The number of carbonyl (C=O) groups is 1. The lowest BCUT2D eigenvalue weighted by molar-refractivity contribution is -0.145. The highest BCUT2D eigenvalue weighted by atomic mass is 32.2. The minimum absolute atomic E-state index is 0.147. The third-order valence-electron chi connectivity index (χ3n) is 4.23. The quantitative estimate of drug-likeness (QED) is 0.610. The number of hydrogen-bond acceptors (Lipinski definition) is 6.